The van der Waals surface area contributed by atoms with Crippen molar-refractivity contribution >= 4 is 28.2 Å². The fraction of sp³-hybridized carbons (Fsp3) is 0.300. The molecule has 7 nitrogen and oxygen atoms in total. The first-order valence-electron chi connectivity index (χ1n) is 8.98. The minimum atomic E-state index is -0.621. The average molecular weight is 415 g/mol. The summed E-state index contributed by atoms with van der Waals surface area (Å²) < 4.78 is 19.9. The molecule has 2 heterocycles. The van der Waals surface area contributed by atoms with Gasteiger partial charge in [-0.3, -0.25) is 10.3 Å². The molecular weight excluding hydrogens is 393 g/mol. The zero-order chi connectivity index (χ0) is 21.0. The van der Waals surface area contributed by atoms with E-state index in [9.17, 15) is 9.18 Å². The normalized spacial score (nSPS) is 12.3. The highest BCUT2D eigenvalue weighted by Gasteiger charge is 2.19. The van der Waals surface area contributed by atoms with Crippen LogP contribution in [0.25, 0.3) is 0 Å². The monoisotopic (exact) mass is 415 g/mol. The highest BCUT2D eigenvalue weighted by atomic mass is 32.1. The number of rotatable bonds is 5. The van der Waals surface area contributed by atoms with Crippen LogP contribution in [0.15, 0.2) is 42.2 Å². The molecule has 9 heteroatoms. The number of carbonyl (C=O) groups is 1. The minimum absolute atomic E-state index is 0.0992. The molecule has 0 fully saturated rings. The highest BCUT2D eigenvalue weighted by Crippen LogP contribution is 2.27. The van der Waals surface area contributed by atoms with E-state index in [2.05, 4.69) is 46.4 Å². The Morgan fingerprint density at radius 3 is 2.69 bits per heavy atom. The fourth-order valence-electron chi connectivity index (χ4n) is 2.46. The number of urea groups is 1. The lowest BCUT2D eigenvalue weighted by molar-refractivity contribution is 0.211. The molecule has 0 aliphatic carbocycles. The zero-order valence-electron chi connectivity index (χ0n) is 16.6. The molecule has 29 heavy (non-hydrogen) atoms. The number of hydrogen-bond acceptors (Lipinski definition) is 6. The van der Waals surface area contributed by atoms with Gasteiger partial charge in [-0.1, -0.05) is 20.8 Å². The number of thiazole rings is 1. The van der Waals surface area contributed by atoms with Crippen molar-refractivity contribution in [2.24, 2.45) is 0 Å². The quantitative estimate of drug-likeness (QED) is 0.601. The predicted molar refractivity (Wildman–Crippen MR) is 111 cm³/mol. The predicted octanol–water partition coefficient (Wildman–Crippen LogP) is 5.15. The summed E-state index contributed by atoms with van der Waals surface area (Å²) >= 11 is 1.35. The third kappa shape index (κ3) is 5.47. The lowest BCUT2D eigenvalue weighted by Gasteiger charge is -2.16. The number of halogens is 1. The Labute approximate surface area is 172 Å². The van der Waals surface area contributed by atoms with Crippen LogP contribution in [-0.4, -0.2) is 21.0 Å². The van der Waals surface area contributed by atoms with E-state index in [0.29, 0.717) is 10.8 Å². The van der Waals surface area contributed by atoms with Gasteiger partial charge in [0.05, 0.1) is 11.9 Å². The van der Waals surface area contributed by atoms with E-state index < -0.39 is 18.0 Å². The van der Waals surface area contributed by atoms with Crippen LogP contribution in [0.1, 0.15) is 45.1 Å². The first kappa shape index (κ1) is 20.7. The molecule has 2 N–H and O–H groups in total. The largest absolute Gasteiger partial charge is 0.469 e. The van der Waals surface area contributed by atoms with Gasteiger partial charge >= 0.3 is 6.03 Å². The van der Waals surface area contributed by atoms with E-state index in [-0.39, 0.29) is 16.9 Å². The molecule has 0 saturated heterocycles. The van der Waals surface area contributed by atoms with Crippen LogP contribution >= 0.6 is 11.3 Å². The van der Waals surface area contributed by atoms with Crippen molar-refractivity contribution in [2.75, 3.05) is 10.6 Å². The summed E-state index contributed by atoms with van der Waals surface area (Å²) in [5.74, 6) is -0.156. The summed E-state index contributed by atoms with van der Waals surface area (Å²) in [5.41, 5.74) is 1.52. The van der Waals surface area contributed by atoms with Crippen molar-refractivity contribution in [3.05, 3.63) is 59.2 Å². The van der Waals surface area contributed by atoms with Crippen LogP contribution in [0.2, 0.25) is 0 Å². The van der Waals surface area contributed by atoms with Gasteiger partial charge in [-0.15, -0.1) is 11.3 Å². The van der Waals surface area contributed by atoms with E-state index >= 15 is 0 Å². The molecule has 3 rings (SSSR count). The number of benzene rings is 1. The Kier molecular flexibility index (Phi) is 6.07. The number of amides is 2. The Hall–Kier alpha value is -3.07. The number of ether oxygens (including phenoxy) is 1. The SMILES string of the molecule is CC(Oc1cnccn1)c1cc(NC(=O)Nc2nc(C(C)(C)C)cs2)ccc1F. The van der Waals surface area contributed by atoms with Crippen LogP contribution in [0.4, 0.5) is 20.0 Å². The summed E-state index contributed by atoms with van der Waals surface area (Å²) in [5, 5.41) is 7.80. The Morgan fingerprint density at radius 2 is 2.03 bits per heavy atom. The molecule has 0 spiro atoms. The molecule has 2 amide bonds. The third-order valence-electron chi connectivity index (χ3n) is 4.02. The molecule has 0 aliphatic rings. The molecule has 152 valence electrons. The first-order chi connectivity index (χ1) is 13.7. The minimum Gasteiger partial charge on any atom is -0.469 e. The maximum atomic E-state index is 14.3. The van der Waals surface area contributed by atoms with Crippen molar-refractivity contribution in [1.29, 1.82) is 0 Å². The van der Waals surface area contributed by atoms with E-state index in [1.807, 2.05) is 5.38 Å². The summed E-state index contributed by atoms with van der Waals surface area (Å²) in [6.07, 6.45) is 3.84. The Balaban J connectivity index is 1.67. The standard InChI is InChI=1S/C20H22FN5O2S/c1-12(28-17-10-22-7-8-23-17)14-9-13(5-6-15(14)21)24-18(27)26-19-25-16(11-29-19)20(2,3)4/h5-12H,1-4H3,(H2,24,25,26,27). The number of aromatic nitrogens is 3. The first-order valence-corrected chi connectivity index (χ1v) is 9.86. The maximum absolute atomic E-state index is 14.3. The second kappa shape index (κ2) is 8.52. The van der Waals surface area contributed by atoms with Crippen LogP contribution in [-0.2, 0) is 5.41 Å². The van der Waals surface area contributed by atoms with Crippen molar-refractivity contribution in [1.82, 2.24) is 15.0 Å². The molecule has 0 saturated carbocycles. The van der Waals surface area contributed by atoms with Gasteiger partial charge in [0.1, 0.15) is 11.9 Å². The number of hydrogen-bond donors (Lipinski definition) is 2. The second-order valence-electron chi connectivity index (χ2n) is 7.41. The van der Waals surface area contributed by atoms with Gasteiger partial charge in [-0.2, -0.15) is 0 Å². The van der Waals surface area contributed by atoms with Crippen molar-refractivity contribution < 1.29 is 13.9 Å². The Bertz CT molecular complexity index is 988. The molecule has 1 aromatic carbocycles. The lowest BCUT2D eigenvalue weighted by Crippen LogP contribution is -2.20. The van der Waals surface area contributed by atoms with E-state index in [1.165, 1.54) is 48.1 Å². The summed E-state index contributed by atoms with van der Waals surface area (Å²) in [6.45, 7) is 7.85. The van der Waals surface area contributed by atoms with Gasteiger partial charge in [-0.25, -0.2) is 19.2 Å². The van der Waals surface area contributed by atoms with Gasteiger partial charge in [-0.05, 0) is 25.1 Å². The van der Waals surface area contributed by atoms with Gasteiger partial charge < -0.3 is 10.1 Å². The number of anilines is 2. The summed E-state index contributed by atoms with van der Waals surface area (Å²) in [6, 6.07) is 3.83. The highest BCUT2D eigenvalue weighted by molar-refractivity contribution is 7.14. The second-order valence-corrected chi connectivity index (χ2v) is 8.27. The summed E-state index contributed by atoms with van der Waals surface area (Å²) in [7, 11) is 0. The number of nitrogens with zero attached hydrogens (tertiary/aromatic N) is 3. The molecule has 3 aromatic rings. The van der Waals surface area contributed by atoms with Crippen LogP contribution in [0.5, 0.6) is 5.88 Å². The van der Waals surface area contributed by atoms with E-state index in [0.717, 1.165) is 5.69 Å². The number of carbonyl (C=O) groups excluding carboxylic acids is 1. The number of nitrogens with one attached hydrogen (secondary N) is 2. The Morgan fingerprint density at radius 1 is 1.24 bits per heavy atom. The molecule has 2 aromatic heterocycles. The third-order valence-corrected chi connectivity index (χ3v) is 4.78. The zero-order valence-corrected chi connectivity index (χ0v) is 17.4. The van der Waals surface area contributed by atoms with Gasteiger partial charge in [0, 0.05) is 34.4 Å². The van der Waals surface area contributed by atoms with Gasteiger partial charge in [0.15, 0.2) is 5.13 Å². The molecule has 0 bridgehead atoms. The molecule has 1 unspecified atom stereocenters. The topological polar surface area (TPSA) is 89.0 Å². The molecular formula is C20H22FN5O2S. The van der Waals surface area contributed by atoms with E-state index in [1.54, 1.807) is 6.92 Å². The molecule has 0 aliphatic heterocycles. The van der Waals surface area contributed by atoms with E-state index in [4.69, 9.17) is 4.74 Å². The molecule has 0 radical (unpaired) electrons. The average Bonchev–Trinajstić information content (AvgIpc) is 3.13. The van der Waals surface area contributed by atoms with Gasteiger partial charge in [0.2, 0.25) is 5.88 Å². The van der Waals surface area contributed by atoms with Gasteiger partial charge in [0.25, 0.3) is 0 Å². The fourth-order valence-corrected chi connectivity index (χ4v) is 3.39. The van der Waals surface area contributed by atoms with Crippen molar-refractivity contribution in [2.45, 2.75) is 39.2 Å². The lowest BCUT2D eigenvalue weighted by atomic mass is 9.93. The maximum Gasteiger partial charge on any atom is 0.325 e. The summed E-state index contributed by atoms with van der Waals surface area (Å²) in [4.78, 5) is 24.7. The van der Waals surface area contributed by atoms with Crippen LogP contribution < -0.4 is 15.4 Å². The molecule has 1 atom stereocenters. The van der Waals surface area contributed by atoms with Crippen molar-refractivity contribution in [3.63, 3.8) is 0 Å². The van der Waals surface area contributed by atoms with Crippen molar-refractivity contribution in [3.8, 4) is 5.88 Å². The van der Waals surface area contributed by atoms with Crippen LogP contribution in [0, 0.1) is 5.82 Å². The smallest absolute Gasteiger partial charge is 0.325 e. The van der Waals surface area contributed by atoms with Crippen LogP contribution in [0.3, 0.4) is 0 Å².